The van der Waals surface area contributed by atoms with Crippen LogP contribution in [0.15, 0.2) is 21.7 Å². The van der Waals surface area contributed by atoms with Gasteiger partial charge in [-0.3, -0.25) is 0 Å². The lowest BCUT2D eigenvalue weighted by atomic mass is 10.3. The predicted molar refractivity (Wildman–Crippen MR) is 43.8 cm³/mol. The van der Waals surface area contributed by atoms with Gasteiger partial charge in [0.2, 0.25) is 0 Å². The Balaban J connectivity index is 3.82. The van der Waals surface area contributed by atoms with E-state index in [1.807, 2.05) is 0 Å². The van der Waals surface area contributed by atoms with Gasteiger partial charge < -0.3 is 0 Å². The van der Waals surface area contributed by atoms with Crippen LogP contribution in [0, 0.1) is 6.42 Å². The van der Waals surface area contributed by atoms with Crippen molar-refractivity contribution in [2.24, 2.45) is 0 Å². The molecule has 0 aromatic rings. The van der Waals surface area contributed by atoms with Crippen LogP contribution in [0.25, 0.3) is 0 Å². The Morgan fingerprint density at radius 3 is 2.18 bits per heavy atom. The van der Waals surface area contributed by atoms with Crippen molar-refractivity contribution in [3.05, 3.63) is 28.1 Å². The van der Waals surface area contributed by atoms with Crippen molar-refractivity contribution in [3.8, 4) is 0 Å². The minimum atomic E-state index is -0.933. The minimum absolute atomic E-state index is 0.00494. The number of hydrogen-bond acceptors (Lipinski definition) is 0. The zero-order chi connectivity index (χ0) is 8.85. The standard InChI is InChI=1S/C6H4Cl3F2/c7-5(6(8)9)2-1-4(11)3-10/h2-3H,1H2. The SMILES string of the molecule is FC=C(F)C[CH]C(Cl)=C(Cl)Cl. The molecule has 0 rings (SSSR count). The molecule has 0 aromatic carbocycles. The number of allylic oxidation sites excluding steroid dienone is 2. The van der Waals surface area contributed by atoms with Crippen molar-refractivity contribution in [1.29, 1.82) is 0 Å². The van der Waals surface area contributed by atoms with Crippen LogP contribution in [0.3, 0.4) is 0 Å². The van der Waals surface area contributed by atoms with Crippen LogP contribution >= 0.6 is 34.8 Å². The molecular formula is C6H4Cl3F2. The van der Waals surface area contributed by atoms with Crippen LogP contribution in [-0.4, -0.2) is 0 Å². The third kappa shape index (κ3) is 5.48. The molecule has 0 bridgehead atoms. The van der Waals surface area contributed by atoms with E-state index in [1.54, 1.807) is 0 Å². The maximum Gasteiger partial charge on any atom is 0.129 e. The normalized spacial score (nSPS) is 11.5. The van der Waals surface area contributed by atoms with E-state index >= 15 is 0 Å². The Labute approximate surface area is 78.4 Å². The highest BCUT2D eigenvalue weighted by atomic mass is 35.5. The van der Waals surface area contributed by atoms with Crippen molar-refractivity contribution in [2.45, 2.75) is 6.42 Å². The summed E-state index contributed by atoms with van der Waals surface area (Å²) in [6, 6.07) is 0. The second-order valence-corrected chi connectivity index (χ2v) is 2.93. The second-order valence-electron chi connectivity index (χ2n) is 1.57. The van der Waals surface area contributed by atoms with Gasteiger partial charge in [-0.2, -0.15) is 0 Å². The molecule has 0 fully saturated rings. The molecule has 0 amide bonds. The quantitative estimate of drug-likeness (QED) is 0.667. The van der Waals surface area contributed by atoms with E-state index in [0.29, 0.717) is 0 Å². The summed E-state index contributed by atoms with van der Waals surface area (Å²) in [5, 5.41) is 0.00494. The predicted octanol–water partition coefficient (Wildman–Crippen LogP) is 4.25. The first-order chi connectivity index (χ1) is 5.07. The monoisotopic (exact) mass is 219 g/mol. The van der Waals surface area contributed by atoms with Crippen LogP contribution < -0.4 is 0 Å². The lowest BCUT2D eigenvalue weighted by Gasteiger charge is -1.94. The summed E-state index contributed by atoms with van der Waals surface area (Å²) in [5.41, 5.74) is 0. The van der Waals surface area contributed by atoms with E-state index in [9.17, 15) is 8.78 Å². The van der Waals surface area contributed by atoms with Crippen molar-refractivity contribution in [3.63, 3.8) is 0 Å². The molecule has 0 atom stereocenters. The molecular weight excluding hydrogens is 216 g/mol. The van der Waals surface area contributed by atoms with Crippen LogP contribution in [0.4, 0.5) is 8.78 Å². The first-order valence-electron chi connectivity index (χ1n) is 2.56. The van der Waals surface area contributed by atoms with Crippen LogP contribution in [0.5, 0.6) is 0 Å². The molecule has 11 heavy (non-hydrogen) atoms. The molecule has 0 unspecified atom stereocenters. The second kappa shape index (κ2) is 5.81. The van der Waals surface area contributed by atoms with Gasteiger partial charge in [-0.15, -0.1) is 0 Å². The molecule has 0 aromatic heterocycles. The minimum Gasteiger partial charge on any atom is -0.213 e. The van der Waals surface area contributed by atoms with E-state index in [1.165, 1.54) is 6.42 Å². The van der Waals surface area contributed by atoms with Crippen molar-refractivity contribution < 1.29 is 8.78 Å². The first kappa shape index (κ1) is 11.2. The largest absolute Gasteiger partial charge is 0.213 e. The number of halogens is 5. The van der Waals surface area contributed by atoms with Gasteiger partial charge in [-0.05, 0) is 0 Å². The smallest absolute Gasteiger partial charge is 0.129 e. The molecule has 5 heteroatoms. The highest BCUT2D eigenvalue weighted by Gasteiger charge is 2.01. The van der Waals surface area contributed by atoms with Crippen LogP contribution in [-0.2, 0) is 0 Å². The Bertz CT molecular complexity index is 182. The fraction of sp³-hybridized carbons (Fsp3) is 0.167. The molecule has 0 heterocycles. The zero-order valence-electron chi connectivity index (χ0n) is 5.25. The van der Waals surface area contributed by atoms with Gasteiger partial charge in [0.1, 0.15) is 16.6 Å². The Hall–Kier alpha value is 0.210. The summed E-state index contributed by atoms with van der Waals surface area (Å²) in [7, 11) is 0. The van der Waals surface area contributed by atoms with Crippen LogP contribution in [0.1, 0.15) is 6.42 Å². The van der Waals surface area contributed by atoms with E-state index in [0.717, 1.165) is 0 Å². The van der Waals surface area contributed by atoms with E-state index in [2.05, 4.69) is 0 Å². The molecule has 0 N–H and O–H groups in total. The Morgan fingerprint density at radius 1 is 1.27 bits per heavy atom. The molecule has 0 nitrogen and oxygen atoms in total. The molecule has 0 saturated heterocycles. The molecule has 0 spiro atoms. The topological polar surface area (TPSA) is 0 Å². The van der Waals surface area contributed by atoms with E-state index in [4.69, 9.17) is 34.8 Å². The first-order valence-corrected chi connectivity index (χ1v) is 3.70. The lowest BCUT2D eigenvalue weighted by molar-refractivity contribution is 0.564. The zero-order valence-corrected chi connectivity index (χ0v) is 7.52. The highest BCUT2D eigenvalue weighted by molar-refractivity contribution is 6.59. The Kier molecular flexibility index (Phi) is 5.92. The van der Waals surface area contributed by atoms with E-state index < -0.39 is 5.83 Å². The van der Waals surface area contributed by atoms with Crippen LogP contribution in [0.2, 0.25) is 0 Å². The number of hydrogen-bond donors (Lipinski definition) is 0. The van der Waals surface area contributed by atoms with Gasteiger partial charge in [0, 0.05) is 12.8 Å². The van der Waals surface area contributed by atoms with E-state index in [-0.39, 0.29) is 22.3 Å². The van der Waals surface area contributed by atoms with Crippen molar-refractivity contribution >= 4 is 34.8 Å². The fourth-order valence-corrected chi connectivity index (χ4v) is 0.540. The maximum atomic E-state index is 12.0. The average Bonchev–Trinajstić information content (AvgIpc) is 1.99. The van der Waals surface area contributed by atoms with Gasteiger partial charge in [0.15, 0.2) is 0 Å². The summed E-state index contributed by atoms with van der Waals surface area (Å²) >= 11 is 15.8. The van der Waals surface area contributed by atoms with Crippen molar-refractivity contribution in [2.75, 3.05) is 0 Å². The molecule has 63 valence electrons. The Morgan fingerprint density at radius 2 is 1.82 bits per heavy atom. The van der Waals surface area contributed by atoms with Gasteiger partial charge in [-0.25, -0.2) is 8.78 Å². The molecule has 0 aliphatic rings. The number of rotatable bonds is 3. The van der Waals surface area contributed by atoms with Crippen molar-refractivity contribution in [1.82, 2.24) is 0 Å². The summed E-state index contributed by atoms with van der Waals surface area (Å²) in [6.07, 6.45) is 0.767. The fourth-order valence-electron chi connectivity index (χ4n) is 0.309. The van der Waals surface area contributed by atoms with Gasteiger partial charge >= 0.3 is 0 Å². The molecule has 1 radical (unpaired) electrons. The molecule has 0 saturated carbocycles. The summed E-state index contributed by atoms with van der Waals surface area (Å²) in [5.74, 6) is -0.933. The molecule has 0 aliphatic carbocycles. The lowest BCUT2D eigenvalue weighted by Crippen LogP contribution is -1.78. The average molecular weight is 220 g/mol. The highest BCUT2D eigenvalue weighted by Crippen LogP contribution is 2.23. The summed E-state index contributed by atoms with van der Waals surface area (Å²) in [6.45, 7) is 0. The molecule has 0 aliphatic heterocycles. The summed E-state index contributed by atoms with van der Waals surface area (Å²) in [4.78, 5) is 0. The van der Waals surface area contributed by atoms with Gasteiger partial charge in [0.25, 0.3) is 0 Å². The third-order valence-electron chi connectivity index (χ3n) is 0.775. The maximum absolute atomic E-state index is 12.0. The third-order valence-corrected chi connectivity index (χ3v) is 1.72. The van der Waals surface area contributed by atoms with Gasteiger partial charge in [0.05, 0.1) is 5.03 Å². The van der Waals surface area contributed by atoms with Gasteiger partial charge in [-0.1, -0.05) is 34.8 Å². The summed E-state index contributed by atoms with van der Waals surface area (Å²) < 4.78 is 23.2.